The average molecular weight is 244 g/mol. The second-order valence-electron chi connectivity index (χ2n) is 3.83. The molecule has 0 rings (SSSR count). The maximum absolute atomic E-state index is 11.2. The van der Waals surface area contributed by atoms with Crippen LogP contribution in [0.1, 0.15) is 39.5 Å². The lowest BCUT2D eigenvalue weighted by atomic mass is 10.2. The van der Waals surface area contributed by atoms with E-state index in [1.165, 1.54) is 6.92 Å². The van der Waals surface area contributed by atoms with Crippen LogP contribution in [-0.2, 0) is 14.4 Å². The summed E-state index contributed by atoms with van der Waals surface area (Å²) < 4.78 is 0. The number of aliphatic carboxylic acids is 1. The molecule has 6 nitrogen and oxygen atoms in total. The number of carbonyl (C=O) groups is 3. The van der Waals surface area contributed by atoms with E-state index in [0.717, 1.165) is 6.42 Å². The molecule has 1 atom stereocenters. The zero-order valence-corrected chi connectivity index (χ0v) is 10.3. The first-order chi connectivity index (χ1) is 7.97. The highest BCUT2D eigenvalue weighted by molar-refractivity contribution is 5.83. The third-order valence-electron chi connectivity index (χ3n) is 2.13. The molecule has 17 heavy (non-hydrogen) atoms. The first-order valence-electron chi connectivity index (χ1n) is 5.76. The number of amides is 2. The van der Waals surface area contributed by atoms with Crippen LogP contribution in [0, 0.1) is 0 Å². The van der Waals surface area contributed by atoms with E-state index in [9.17, 15) is 14.4 Å². The van der Waals surface area contributed by atoms with Gasteiger partial charge in [0, 0.05) is 19.4 Å². The minimum absolute atomic E-state index is 0.0778. The largest absolute Gasteiger partial charge is 0.480 e. The van der Waals surface area contributed by atoms with Crippen molar-refractivity contribution in [2.45, 2.75) is 45.6 Å². The van der Waals surface area contributed by atoms with Gasteiger partial charge in [0.05, 0.1) is 0 Å². The van der Waals surface area contributed by atoms with Crippen LogP contribution in [0.2, 0.25) is 0 Å². The second kappa shape index (κ2) is 8.55. The van der Waals surface area contributed by atoms with E-state index < -0.39 is 12.0 Å². The third kappa shape index (κ3) is 8.24. The molecule has 0 aromatic rings. The number of hydrogen-bond acceptors (Lipinski definition) is 3. The van der Waals surface area contributed by atoms with Gasteiger partial charge in [-0.2, -0.15) is 0 Å². The summed E-state index contributed by atoms with van der Waals surface area (Å²) in [7, 11) is 0. The fraction of sp³-hybridized carbons (Fsp3) is 0.727. The lowest BCUT2D eigenvalue weighted by Gasteiger charge is -2.08. The number of hydrogen-bond donors (Lipinski definition) is 3. The SMILES string of the molecule is CCCNC(=O)CCCC(=O)N[C@@H](C)C(=O)O. The Labute approximate surface area is 101 Å². The highest BCUT2D eigenvalue weighted by Gasteiger charge is 2.13. The van der Waals surface area contributed by atoms with Crippen molar-refractivity contribution in [2.75, 3.05) is 6.54 Å². The van der Waals surface area contributed by atoms with Gasteiger partial charge in [-0.15, -0.1) is 0 Å². The molecule has 0 radical (unpaired) electrons. The summed E-state index contributed by atoms with van der Waals surface area (Å²) in [5, 5.41) is 13.6. The van der Waals surface area contributed by atoms with Crippen LogP contribution in [0.4, 0.5) is 0 Å². The molecular weight excluding hydrogens is 224 g/mol. The maximum Gasteiger partial charge on any atom is 0.325 e. The van der Waals surface area contributed by atoms with Crippen LogP contribution >= 0.6 is 0 Å². The predicted octanol–water partition coefficient (Wildman–Crippen LogP) is 0.272. The Balaban J connectivity index is 3.64. The van der Waals surface area contributed by atoms with Gasteiger partial charge in [0.25, 0.3) is 0 Å². The Hall–Kier alpha value is -1.59. The van der Waals surface area contributed by atoms with E-state index in [2.05, 4.69) is 10.6 Å². The van der Waals surface area contributed by atoms with Crippen molar-refractivity contribution in [1.29, 1.82) is 0 Å². The second-order valence-corrected chi connectivity index (χ2v) is 3.83. The zero-order chi connectivity index (χ0) is 13.3. The van der Waals surface area contributed by atoms with Gasteiger partial charge in [0.2, 0.25) is 11.8 Å². The lowest BCUT2D eigenvalue weighted by molar-refractivity contribution is -0.141. The number of carboxylic acid groups (broad SMARTS) is 1. The molecule has 0 aliphatic carbocycles. The average Bonchev–Trinajstić information content (AvgIpc) is 2.26. The van der Waals surface area contributed by atoms with Crippen LogP contribution < -0.4 is 10.6 Å². The van der Waals surface area contributed by atoms with Gasteiger partial charge in [-0.25, -0.2) is 0 Å². The normalized spacial score (nSPS) is 11.6. The quantitative estimate of drug-likeness (QED) is 0.571. The topological polar surface area (TPSA) is 95.5 Å². The summed E-state index contributed by atoms with van der Waals surface area (Å²) in [5.74, 6) is -1.49. The monoisotopic (exact) mass is 244 g/mol. The van der Waals surface area contributed by atoms with Crippen molar-refractivity contribution in [3.8, 4) is 0 Å². The van der Waals surface area contributed by atoms with Crippen molar-refractivity contribution in [3.05, 3.63) is 0 Å². The molecule has 0 unspecified atom stereocenters. The molecule has 0 fully saturated rings. The summed E-state index contributed by atoms with van der Waals surface area (Å²) in [6.45, 7) is 4.00. The fourth-order valence-corrected chi connectivity index (χ4v) is 1.14. The number of carboxylic acids is 1. The Morgan fingerprint density at radius 1 is 1.18 bits per heavy atom. The molecular formula is C11H20N2O4. The summed E-state index contributed by atoms with van der Waals surface area (Å²) in [4.78, 5) is 32.9. The molecule has 0 saturated heterocycles. The molecule has 0 aromatic carbocycles. The molecule has 98 valence electrons. The lowest BCUT2D eigenvalue weighted by Crippen LogP contribution is -2.38. The zero-order valence-electron chi connectivity index (χ0n) is 10.3. The Bertz CT molecular complexity index is 279. The van der Waals surface area contributed by atoms with Crippen molar-refractivity contribution >= 4 is 17.8 Å². The van der Waals surface area contributed by atoms with Gasteiger partial charge in [-0.05, 0) is 19.8 Å². The molecule has 0 heterocycles. The molecule has 0 aliphatic heterocycles. The van der Waals surface area contributed by atoms with Gasteiger partial charge in [-0.3, -0.25) is 14.4 Å². The summed E-state index contributed by atoms with van der Waals surface area (Å²) in [6, 6.07) is -0.892. The Kier molecular flexibility index (Phi) is 7.75. The van der Waals surface area contributed by atoms with Gasteiger partial charge in [0.15, 0.2) is 0 Å². The van der Waals surface area contributed by atoms with Crippen LogP contribution in [0.15, 0.2) is 0 Å². The Morgan fingerprint density at radius 2 is 1.76 bits per heavy atom. The Morgan fingerprint density at radius 3 is 2.29 bits per heavy atom. The molecule has 0 bridgehead atoms. The van der Waals surface area contributed by atoms with Crippen LogP contribution in [-0.4, -0.2) is 35.5 Å². The van der Waals surface area contributed by atoms with E-state index in [1.54, 1.807) is 0 Å². The first kappa shape index (κ1) is 15.4. The summed E-state index contributed by atoms with van der Waals surface area (Å²) in [6.07, 6.45) is 1.75. The molecule has 6 heteroatoms. The minimum atomic E-state index is -1.07. The standard InChI is InChI=1S/C11H20N2O4/c1-3-7-12-9(14)5-4-6-10(15)13-8(2)11(16)17/h8H,3-7H2,1-2H3,(H,12,14)(H,13,15)(H,16,17)/t8-/m0/s1. The maximum atomic E-state index is 11.2. The van der Waals surface area contributed by atoms with E-state index in [1.807, 2.05) is 6.92 Å². The van der Waals surface area contributed by atoms with Crippen molar-refractivity contribution < 1.29 is 19.5 Å². The van der Waals surface area contributed by atoms with Gasteiger partial charge in [-0.1, -0.05) is 6.92 Å². The molecule has 2 amide bonds. The highest BCUT2D eigenvalue weighted by Crippen LogP contribution is 1.96. The van der Waals surface area contributed by atoms with E-state index >= 15 is 0 Å². The number of carbonyl (C=O) groups excluding carboxylic acids is 2. The number of nitrogens with one attached hydrogen (secondary N) is 2. The molecule has 0 saturated carbocycles. The highest BCUT2D eigenvalue weighted by atomic mass is 16.4. The van der Waals surface area contributed by atoms with Crippen LogP contribution in [0.5, 0.6) is 0 Å². The smallest absolute Gasteiger partial charge is 0.325 e. The van der Waals surface area contributed by atoms with Gasteiger partial charge < -0.3 is 15.7 Å². The van der Waals surface area contributed by atoms with E-state index in [0.29, 0.717) is 13.0 Å². The molecule has 3 N–H and O–H groups in total. The van der Waals surface area contributed by atoms with Crippen LogP contribution in [0.25, 0.3) is 0 Å². The van der Waals surface area contributed by atoms with Crippen molar-refractivity contribution in [2.24, 2.45) is 0 Å². The van der Waals surface area contributed by atoms with Crippen molar-refractivity contribution in [3.63, 3.8) is 0 Å². The minimum Gasteiger partial charge on any atom is -0.480 e. The van der Waals surface area contributed by atoms with E-state index in [4.69, 9.17) is 5.11 Å². The molecule has 0 spiro atoms. The van der Waals surface area contributed by atoms with Gasteiger partial charge >= 0.3 is 5.97 Å². The third-order valence-corrected chi connectivity index (χ3v) is 2.13. The van der Waals surface area contributed by atoms with Crippen molar-refractivity contribution in [1.82, 2.24) is 10.6 Å². The first-order valence-corrected chi connectivity index (χ1v) is 5.76. The van der Waals surface area contributed by atoms with Crippen LogP contribution in [0.3, 0.4) is 0 Å². The fourth-order valence-electron chi connectivity index (χ4n) is 1.14. The van der Waals surface area contributed by atoms with E-state index in [-0.39, 0.29) is 24.7 Å². The summed E-state index contributed by atoms with van der Waals surface area (Å²) >= 11 is 0. The predicted molar refractivity (Wildman–Crippen MR) is 62.4 cm³/mol. The van der Waals surface area contributed by atoms with Gasteiger partial charge in [0.1, 0.15) is 6.04 Å². The molecule has 0 aliphatic rings. The summed E-state index contributed by atoms with van der Waals surface area (Å²) in [5.41, 5.74) is 0. The molecule has 0 aromatic heterocycles. The number of rotatable bonds is 8.